The topological polar surface area (TPSA) is 69.6 Å². The van der Waals surface area contributed by atoms with Crippen molar-refractivity contribution in [3.8, 4) is 0 Å². The van der Waals surface area contributed by atoms with Crippen LogP contribution in [0.3, 0.4) is 0 Å². The van der Waals surface area contributed by atoms with Crippen molar-refractivity contribution >= 4 is 10.2 Å². The average Bonchev–Trinajstić information content (AvgIpc) is 2.26. The normalized spacial score (nSPS) is 24.8. The fourth-order valence-electron chi connectivity index (χ4n) is 2.15. The zero-order valence-corrected chi connectivity index (χ0v) is 11.5. The molecule has 0 aromatic rings. The number of hydrogen-bond donors (Lipinski definition) is 2. The van der Waals surface area contributed by atoms with Gasteiger partial charge in [0.2, 0.25) is 0 Å². The van der Waals surface area contributed by atoms with E-state index in [9.17, 15) is 8.42 Å². The van der Waals surface area contributed by atoms with Crippen molar-refractivity contribution in [2.45, 2.75) is 45.6 Å². The lowest BCUT2D eigenvalue weighted by atomic mass is 10.0. The van der Waals surface area contributed by atoms with Gasteiger partial charge in [-0.2, -0.15) is 17.4 Å². The summed E-state index contributed by atoms with van der Waals surface area (Å²) in [4.78, 5) is 0. The van der Waals surface area contributed by atoms with Gasteiger partial charge in [0.15, 0.2) is 0 Å². The first-order chi connectivity index (χ1) is 7.95. The first-order valence-corrected chi connectivity index (χ1v) is 7.78. The Bertz CT molecular complexity index is 319. The van der Waals surface area contributed by atoms with Crippen LogP contribution in [0.4, 0.5) is 0 Å². The first kappa shape index (κ1) is 14.9. The smallest absolute Gasteiger partial charge is 0.279 e. The summed E-state index contributed by atoms with van der Waals surface area (Å²) in [7, 11) is -3.34. The highest BCUT2D eigenvalue weighted by molar-refractivity contribution is 7.87. The Morgan fingerprint density at radius 2 is 2.24 bits per heavy atom. The lowest BCUT2D eigenvalue weighted by Crippen LogP contribution is -2.48. The molecule has 5 nitrogen and oxygen atoms in total. The number of rotatable bonds is 6. The lowest BCUT2D eigenvalue weighted by Gasteiger charge is -2.31. The maximum absolute atomic E-state index is 12.1. The molecule has 1 aliphatic rings. The van der Waals surface area contributed by atoms with Gasteiger partial charge in [-0.1, -0.05) is 6.92 Å². The molecule has 0 bridgehead atoms. The second-order valence-electron chi connectivity index (χ2n) is 5.00. The highest BCUT2D eigenvalue weighted by atomic mass is 32.2. The maximum Gasteiger partial charge on any atom is 0.279 e. The molecule has 1 aliphatic heterocycles. The molecule has 0 aromatic carbocycles. The largest absolute Gasteiger partial charge is 0.396 e. The number of nitrogens with zero attached hydrogens (tertiary/aromatic N) is 1. The summed E-state index contributed by atoms with van der Waals surface area (Å²) in [5.41, 5.74) is 0. The Morgan fingerprint density at radius 1 is 1.53 bits per heavy atom. The van der Waals surface area contributed by atoms with Crippen LogP contribution in [0, 0.1) is 5.92 Å². The minimum absolute atomic E-state index is 0.104. The van der Waals surface area contributed by atoms with Gasteiger partial charge in [0, 0.05) is 25.7 Å². The Balaban J connectivity index is 2.49. The van der Waals surface area contributed by atoms with Crippen molar-refractivity contribution in [3.63, 3.8) is 0 Å². The van der Waals surface area contributed by atoms with Gasteiger partial charge in [0.25, 0.3) is 10.2 Å². The van der Waals surface area contributed by atoms with Crippen LogP contribution >= 0.6 is 0 Å². The van der Waals surface area contributed by atoms with Crippen LogP contribution in [-0.4, -0.2) is 43.6 Å². The van der Waals surface area contributed by atoms with E-state index in [1.807, 2.05) is 6.92 Å². The lowest BCUT2D eigenvalue weighted by molar-refractivity contribution is 0.270. The minimum Gasteiger partial charge on any atom is -0.396 e. The Labute approximate surface area is 104 Å². The fraction of sp³-hybridized carbons (Fsp3) is 1.00. The molecule has 0 saturated carbocycles. The molecule has 2 atom stereocenters. The fourth-order valence-corrected chi connectivity index (χ4v) is 3.75. The molecule has 102 valence electrons. The summed E-state index contributed by atoms with van der Waals surface area (Å²) in [6.45, 7) is 5.25. The van der Waals surface area contributed by atoms with Crippen LogP contribution in [0.2, 0.25) is 0 Å². The molecule has 1 rings (SSSR count). The van der Waals surface area contributed by atoms with E-state index in [1.165, 1.54) is 4.31 Å². The predicted molar refractivity (Wildman–Crippen MR) is 67.8 cm³/mol. The van der Waals surface area contributed by atoms with E-state index < -0.39 is 10.2 Å². The summed E-state index contributed by atoms with van der Waals surface area (Å²) in [5, 5.41) is 8.71. The Kier molecular flexibility index (Phi) is 5.85. The molecule has 0 radical (unpaired) electrons. The molecule has 2 unspecified atom stereocenters. The van der Waals surface area contributed by atoms with E-state index >= 15 is 0 Å². The number of aliphatic hydroxyl groups is 1. The highest BCUT2D eigenvalue weighted by Crippen LogP contribution is 2.18. The minimum atomic E-state index is -3.34. The van der Waals surface area contributed by atoms with Gasteiger partial charge in [0.05, 0.1) is 0 Å². The molecule has 0 spiro atoms. The standard InChI is InChI=1S/C11H24N2O3S/c1-10-5-3-7-13(9-10)17(15,16)12-11(2)6-4-8-14/h10-12,14H,3-9H2,1-2H3. The third kappa shape index (κ3) is 4.91. The zero-order valence-electron chi connectivity index (χ0n) is 10.7. The van der Waals surface area contributed by atoms with Crippen molar-refractivity contribution in [1.82, 2.24) is 9.03 Å². The molecule has 17 heavy (non-hydrogen) atoms. The molecule has 0 amide bonds. The van der Waals surface area contributed by atoms with E-state index in [0.717, 1.165) is 12.8 Å². The number of piperidine rings is 1. The zero-order chi connectivity index (χ0) is 12.9. The van der Waals surface area contributed by atoms with Crippen LogP contribution in [0.25, 0.3) is 0 Å². The Morgan fingerprint density at radius 3 is 2.82 bits per heavy atom. The molecular formula is C11H24N2O3S. The monoisotopic (exact) mass is 264 g/mol. The van der Waals surface area contributed by atoms with E-state index in [4.69, 9.17) is 5.11 Å². The van der Waals surface area contributed by atoms with Crippen molar-refractivity contribution in [2.75, 3.05) is 19.7 Å². The van der Waals surface area contributed by atoms with Gasteiger partial charge in [-0.15, -0.1) is 0 Å². The van der Waals surface area contributed by atoms with E-state index in [1.54, 1.807) is 0 Å². The average molecular weight is 264 g/mol. The van der Waals surface area contributed by atoms with Crippen LogP contribution in [0.5, 0.6) is 0 Å². The summed E-state index contributed by atoms with van der Waals surface area (Å²) in [5.74, 6) is 0.438. The van der Waals surface area contributed by atoms with Gasteiger partial charge >= 0.3 is 0 Å². The molecule has 0 aliphatic carbocycles. The summed E-state index contributed by atoms with van der Waals surface area (Å²) in [6, 6.07) is -0.121. The summed E-state index contributed by atoms with van der Waals surface area (Å²) < 4.78 is 28.3. The van der Waals surface area contributed by atoms with Gasteiger partial charge in [-0.3, -0.25) is 0 Å². The van der Waals surface area contributed by atoms with Crippen LogP contribution < -0.4 is 4.72 Å². The number of hydrogen-bond acceptors (Lipinski definition) is 3. The third-order valence-corrected chi connectivity index (χ3v) is 4.82. The quantitative estimate of drug-likeness (QED) is 0.742. The van der Waals surface area contributed by atoms with Crippen LogP contribution in [0.1, 0.15) is 39.5 Å². The van der Waals surface area contributed by atoms with Crippen LogP contribution in [-0.2, 0) is 10.2 Å². The van der Waals surface area contributed by atoms with Gasteiger partial charge in [-0.05, 0) is 38.5 Å². The first-order valence-electron chi connectivity index (χ1n) is 6.34. The van der Waals surface area contributed by atoms with Crippen LogP contribution in [0.15, 0.2) is 0 Å². The summed E-state index contributed by atoms with van der Waals surface area (Å²) >= 11 is 0. The van der Waals surface area contributed by atoms with Crippen molar-refractivity contribution in [1.29, 1.82) is 0 Å². The van der Waals surface area contributed by atoms with E-state index in [-0.39, 0.29) is 12.6 Å². The highest BCUT2D eigenvalue weighted by Gasteiger charge is 2.27. The second kappa shape index (κ2) is 6.68. The molecule has 0 aromatic heterocycles. The third-order valence-electron chi connectivity index (χ3n) is 3.11. The molecule has 2 N–H and O–H groups in total. The van der Waals surface area contributed by atoms with Crippen molar-refractivity contribution in [3.05, 3.63) is 0 Å². The number of aliphatic hydroxyl groups excluding tert-OH is 1. The van der Waals surface area contributed by atoms with E-state index in [2.05, 4.69) is 11.6 Å². The van der Waals surface area contributed by atoms with Crippen molar-refractivity contribution in [2.24, 2.45) is 5.92 Å². The van der Waals surface area contributed by atoms with Gasteiger partial charge < -0.3 is 5.11 Å². The number of nitrogens with one attached hydrogen (secondary N) is 1. The molecular weight excluding hydrogens is 240 g/mol. The molecule has 1 saturated heterocycles. The van der Waals surface area contributed by atoms with Gasteiger partial charge in [-0.25, -0.2) is 0 Å². The molecule has 1 fully saturated rings. The maximum atomic E-state index is 12.1. The van der Waals surface area contributed by atoms with E-state index in [0.29, 0.717) is 31.8 Å². The molecule has 6 heteroatoms. The summed E-state index contributed by atoms with van der Waals surface area (Å²) in [6.07, 6.45) is 3.33. The second-order valence-corrected chi connectivity index (χ2v) is 6.70. The van der Waals surface area contributed by atoms with Gasteiger partial charge in [0.1, 0.15) is 0 Å². The SMILES string of the molecule is CC1CCCN(S(=O)(=O)NC(C)CCCO)C1. The van der Waals surface area contributed by atoms with Crippen molar-refractivity contribution < 1.29 is 13.5 Å². The molecule has 1 heterocycles. The Hall–Kier alpha value is -0.170. The predicted octanol–water partition coefficient (Wildman–Crippen LogP) is 0.714.